The van der Waals surface area contributed by atoms with E-state index in [1.54, 1.807) is 7.11 Å². The number of para-hydroxylation sites is 1. The highest BCUT2D eigenvalue weighted by Gasteiger charge is 2.23. The summed E-state index contributed by atoms with van der Waals surface area (Å²) in [5, 5.41) is 4.58. The van der Waals surface area contributed by atoms with Gasteiger partial charge >= 0.3 is 0 Å². The van der Waals surface area contributed by atoms with Crippen molar-refractivity contribution in [3.05, 3.63) is 45.4 Å². The first-order valence-corrected chi connectivity index (χ1v) is 7.91. The minimum absolute atomic E-state index is 0.432. The molecule has 1 N–H and O–H groups in total. The zero-order chi connectivity index (χ0) is 13.9. The fourth-order valence-corrected chi connectivity index (χ4v) is 4.03. The Hall–Kier alpha value is -1.39. The van der Waals surface area contributed by atoms with E-state index in [0.717, 1.165) is 12.2 Å². The van der Waals surface area contributed by atoms with Crippen molar-refractivity contribution in [1.29, 1.82) is 0 Å². The lowest BCUT2D eigenvalue weighted by atomic mass is 9.98. The summed E-state index contributed by atoms with van der Waals surface area (Å²) in [7, 11) is 3.75. The van der Waals surface area contributed by atoms with E-state index in [0.29, 0.717) is 6.04 Å². The molecule has 20 heavy (non-hydrogen) atoms. The van der Waals surface area contributed by atoms with E-state index in [1.165, 1.54) is 40.4 Å². The van der Waals surface area contributed by atoms with Crippen LogP contribution in [0.1, 0.15) is 40.0 Å². The van der Waals surface area contributed by atoms with Crippen LogP contribution in [0.5, 0.6) is 5.75 Å². The van der Waals surface area contributed by atoms with E-state index in [2.05, 4.69) is 17.4 Å². The molecule has 1 aliphatic rings. The second-order valence-electron chi connectivity index (χ2n) is 5.14. The lowest BCUT2D eigenvalue weighted by molar-refractivity contribution is 0.410. The number of nitrogens with zero attached hydrogens (tertiary/aromatic N) is 1. The standard InChI is InChI=1S/C16H20N2OS/c1-17-12-7-5-9-14-16(12)18-15(20-14)10-11-6-3-4-8-13(11)19-2/h3-4,6,8,12,17H,5,7,9-10H2,1-2H3. The molecule has 0 saturated heterocycles. The molecule has 0 saturated carbocycles. The normalized spacial score (nSPS) is 17.8. The van der Waals surface area contributed by atoms with Gasteiger partial charge in [-0.15, -0.1) is 11.3 Å². The van der Waals surface area contributed by atoms with Gasteiger partial charge in [0.2, 0.25) is 0 Å². The van der Waals surface area contributed by atoms with E-state index in [9.17, 15) is 0 Å². The predicted molar refractivity (Wildman–Crippen MR) is 82.7 cm³/mol. The summed E-state index contributed by atoms with van der Waals surface area (Å²) in [6.45, 7) is 0. The maximum Gasteiger partial charge on any atom is 0.122 e. The number of methoxy groups -OCH3 is 1. The molecule has 1 aliphatic carbocycles. The number of benzene rings is 1. The monoisotopic (exact) mass is 288 g/mol. The second-order valence-corrected chi connectivity index (χ2v) is 6.31. The molecule has 1 unspecified atom stereocenters. The van der Waals surface area contributed by atoms with Crippen LogP contribution in [0.2, 0.25) is 0 Å². The van der Waals surface area contributed by atoms with E-state index >= 15 is 0 Å². The summed E-state index contributed by atoms with van der Waals surface area (Å²) >= 11 is 1.86. The highest BCUT2D eigenvalue weighted by atomic mass is 32.1. The third-order valence-corrected chi connectivity index (χ3v) is 5.01. The minimum atomic E-state index is 0.432. The van der Waals surface area contributed by atoms with Crippen LogP contribution in [0.25, 0.3) is 0 Å². The van der Waals surface area contributed by atoms with Gasteiger partial charge in [0, 0.05) is 16.9 Å². The fraction of sp³-hybridized carbons (Fsp3) is 0.438. The molecule has 1 aromatic heterocycles. The smallest absolute Gasteiger partial charge is 0.122 e. The van der Waals surface area contributed by atoms with E-state index < -0.39 is 0 Å². The van der Waals surface area contributed by atoms with Crippen LogP contribution >= 0.6 is 11.3 Å². The number of hydrogen-bond donors (Lipinski definition) is 1. The lowest BCUT2D eigenvalue weighted by Gasteiger charge is -2.19. The number of rotatable bonds is 4. The molecule has 0 fully saturated rings. The van der Waals surface area contributed by atoms with Crippen LogP contribution in [-0.2, 0) is 12.8 Å². The van der Waals surface area contributed by atoms with Crippen molar-refractivity contribution < 1.29 is 4.74 Å². The second kappa shape index (κ2) is 5.94. The molecule has 0 radical (unpaired) electrons. The van der Waals surface area contributed by atoms with Crippen LogP contribution in [-0.4, -0.2) is 19.1 Å². The summed E-state index contributed by atoms with van der Waals surface area (Å²) in [6.07, 6.45) is 4.49. The number of hydrogen-bond acceptors (Lipinski definition) is 4. The molecule has 106 valence electrons. The first kappa shape index (κ1) is 13.6. The Morgan fingerprint density at radius 3 is 3.05 bits per heavy atom. The molecule has 0 aliphatic heterocycles. The minimum Gasteiger partial charge on any atom is -0.496 e. The molecule has 0 bridgehead atoms. The molecule has 1 aromatic carbocycles. The van der Waals surface area contributed by atoms with Crippen molar-refractivity contribution in [2.24, 2.45) is 0 Å². The summed E-state index contributed by atoms with van der Waals surface area (Å²) in [5.74, 6) is 0.950. The number of nitrogens with one attached hydrogen (secondary N) is 1. The molecule has 4 heteroatoms. The van der Waals surface area contributed by atoms with Crippen molar-refractivity contribution >= 4 is 11.3 Å². The van der Waals surface area contributed by atoms with E-state index in [-0.39, 0.29) is 0 Å². The van der Waals surface area contributed by atoms with Gasteiger partial charge in [0.25, 0.3) is 0 Å². The highest BCUT2D eigenvalue weighted by molar-refractivity contribution is 7.11. The van der Waals surface area contributed by atoms with Gasteiger partial charge < -0.3 is 10.1 Å². The summed E-state index contributed by atoms with van der Waals surface area (Å²) < 4.78 is 5.43. The molecule has 1 heterocycles. The van der Waals surface area contributed by atoms with Crippen LogP contribution in [0.15, 0.2) is 24.3 Å². The van der Waals surface area contributed by atoms with Gasteiger partial charge in [0.15, 0.2) is 0 Å². The third kappa shape index (κ3) is 2.58. The van der Waals surface area contributed by atoms with Crippen LogP contribution < -0.4 is 10.1 Å². The molecular weight excluding hydrogens is 268 g/mol. The number of aromatic nitrogens is 1. The Morgan fingerprint density at radius 1 is 1.40 bits per heavy atom. The fourth-order valence-electron chi connectivity index (χ4n) is 2.84. The lowest BCUT2D eigenvalue weighted by Crippen LogP contribution is -2.21. The number of aryl methyl sites for hydroxylation is 1. The Bertz CT molecular complexity index is 594. The predicted octanol–water partition coefficient (Wildman–Crippen LogP) is 3.34. The van der Waals surface area contributed by atoms with Crippen molar-refractivity contribution in [3.63, 3.8) is 0 Å². The van der Waals surface area contributed by atoms with Gasteiger partial charge in [-0.1, -0.05) is 18.2 Å². The summed E-state index contributed by atoms with van der Waals surface area (Å²) in [5.41, 5.74) is 2.48. The Balaban J connectivity index is 1.87. The Kier molecular flexibility index (Phi) is 4.03. The van der Waals surface area contributed by atoms with Crippen molar-refractivity contribution in [2.75, 3.05) is 14.2 Å². The van der Waals surface area contributed by atoms with Gasteiger partial charge in [-0.25, -0.2) is 4.98 Å². The van der Waals surface area contributed by atoms with Crippen molar-refractivity contribution in [3.8, 4) is 5.75 Å². The molecule has 0 amide bonds. The molecule has 2 aromatic rings. The maximum absolute atomic E-state index is 5.43. The van der Waals surface area contributed by atoms with Gasteiger partial charge in [-0.05, 0) is 32.4 Å². The van der Waals surface area contributed by atoms with E-state index in [4.69, 9.17) is 9.72 Å². The molecule has 0 spiro atoms. The highest BCUT2D eigenvalue weighted by Crippen LogP contribution is 2.34. The quantitative estimate of drug-likeness (QED) is 0.937. The zero-order valence-corrected chi connectivity index (χ0v) is 12.8. The molecular formula is C16H20N2OS. The SMILES string of the molecule is CNC1CCCc2sc(Cc3ccccc3OC)nc21. The number of fused-ring (bicyclic) bond motifs is 1. The maximum atomic E-state index is 5.43. The third-order valence-electron chi connectivity index (χ3n) is 3.88. The van der Waals surface area contributed by atoms with E-state index in [1.807, 2.05) is 30.5 Å². The summed E-state index contributed by atoms with van der Waals surface area (Å²) in [6, 6.07) is 8.63. The molecule has 3 nitrogen and oxygen atoms in total. The van der Waals surface area contributed by atoms with Gasteiger partial charge in [0.1, 0.15) is 5.75 Å². The van der Waals surface area contributed by atoms with Crippen LogP contribution in [0, 0.1) is 0 Å². The van der Waals surface area contributed by atoms with Crippen LogP contribution in [0.4, 0.5) is 0 Å². The van der Waals surface area contributed by atoms with Crippen molar-refractivity contribution in [2.45, 2.75) is 31.7 Å². The van der Waals surface area contributed by atoms with Gasteiger partial charge in [-0.3, -0.25) is 0 Å². The Labute approximate surface area is 124 Å². The first-order chi connectivity index (χ1) is 9.81. The largest absolute Gasteiger partial charge is 0.496 e. The van der Waals surface area contributed by atoms with Gasteiger partial charge in [-0.2, -0.15) is 0 Å². The average molecular weight is 288 g/mol. The molecule has 3 rings (SSSR count). The zero-order valence-electron chi connectivity index (χ0n) is 12.0. The average Bonchev–Trinajstić information content (AvgIpc) is 2.90. The number of thiazole rings is 1. The molecule has 1 atom stereocenters. The number of ether oxygens (including phenoxy) is 1. The van der Waals surface area contributed by atoms with Gasteiger partial charge in [0.05, 0.1) is 23.9 Å². The van der Waals surface area contributed by atoms with Crippen LogP contribution in [0.3, 0.4) is 0 Å². The summed E-state index contributed by atoms with van der Waals surface area (Å²) in [4.78, 5) is 6.33. The van der Waals surface area contributed by atoms with Crippen molar-refractivity contribution in [1.82, 2.24) is 10.3 Å². The first-order valence-electron chi connectivity index (χ1n) is 7.09. The Morgan fingerprint density at radius 2 is 2.25 bits per heavy atom. The topological polar surface area (TPSA) is 34.1 Å².